The monoisotopic (exact) mass is 490 g/mol. The molecule has 0 unspecified atom stereocenters. The highest BCUT2D eigenvalue weighted by Crippen LogP contribution is 2.28. The average molecular weight is 491 g/mol. The molecular weight excluding hydrogens is 467 g/mol. The highest BCUT2D eigenvalue weighted by molar-refractivity contribution is 7.92. The summed E-state index contributed by atoms with van der Waals surface area (Å²) in [5, 5.41) is 2.91. The molecule has 0 spiro atoms. The minimum atomic E-state index is -3.93. The maximum Gasteiger partial charge on any atom is 0.261 e. The number of hydrogen-bond acceptors (Lipinski definition) is 4. The molecule has 1 amide bonds. The molecule has 0 radical (unpaired) electrons. The second kappa shape index (κ2) is 11.2. The number of rotatable bonds is 10. The molecule has 174 valence electrons. The van der Waals surface area contributed by atoms with Crippen LogP contribution in [-0.2, 0) is 21.2 Å². The Bertz CT molecular complexity index is 1190. The molecule has 0 aliphatic rings. The molecule has 33 heavy (non-hydrogen) atoms. The van der Waals surface area contributed by atoms with E-state index in [-0.39, 0.29) is 39.9 Å². The van der Waals surface area contributed by atoms with Gasteiger partial charge in [-0.3, -0.25) is 9.52 Å². The van der Waals surface area contributed by atoms with Crippen LogP contribution >= 0.6 is 11.6 Å². The van der Waals surface area contributed by atoms with Gasteiger partial charge < -0.3 is 10.1 Å². The molecule has 0 fully saturated rings. The van der Waals surface area contributed by atoms with E-state index in [1.165, 1.54) is 35.9 Å². The van der Waals surface area contributed by atoms with E-state index in [0.717, 1.165) is 25.0 Å². The lowest BCUT2D eigenvalue weighted by molar-refractivity contribution is -0.123. The van der Waals surface area contributed by atoms with Gasteiger partial charge in [-0.25, -0.2) is 12.8 Å². The molecule has 0 heterocycles. The molecule has 0 saturated carbocycles. The molecule has 9 heteroatoms. The lowest BCUT2D eigenvalue weighted by Crippen LogP contribution is -2.36. The molecule has 0 aromatic heterocycles. The summed E-state index contributed by atoms with van der Waals surface area (Å²) in [6.45, 7) is 1.66. The minimum absolute atomic E-state index is 0.0400. The lowest BCUT2D eigenvalue weighted by atomic mass is 10.1. The number of sulfonamides is 1. The Balaban J connectivity index is 1.52. The van der Waals surface area contributed by atoms with Gasteiger partial charge in [0.15, 0.2) is 6.61 Å². The van der Waals surface area contributed by atoms with E-state index in [1.807, 2.05) is 37.3 Å². The third kappa shape index (κ3) is 7.47. The highest BCUT2D eigenvalue weighted by Gasteiger charge is 2.17. The Morgan fingerprint density at radius 2 is 1.76 bits per heavy atom. The molecule has 6 nitrogen and oxygen atoms in total. The molecule has 0 bridgehead atoms. The van der Waals surface area contributed by atoms with Crippen molar-refractivity contribution in [2.45, 2.75) is 30.7 Å². The first-order chi connectivity index (χ1) is 15.7. The van der Waals surface area contributed by atoms with Crippen LogP contribution in [0, 0.1) is 5.82 Å². The summed E-state index contributed by atoms with van der Waals surface area (Å²) in [4.78, 5) is 12.1. The largest absolute Gasteiger partial charge is 0.482 e. The van der Waals surface area contributed by atoms with Gasteiger partial charge in [-0.05, 0) is 67.8 Å². The van der Waals surface area contributed by atoms with Crippen molar-refractivity contribution in [2.75, 3.05) is 11.3 Å². The number of amides is 1. The fraction of sp³-hybridized carbons (Fsp3) is 0.208. The fourth-order valence-corrected chi connectivity index (χ4v) is 4.44. The van der Waals surface area contributed by atoms with Crippen LogP contribution < -0.4 is 14.8 Å². The molecule has 0 saturated heterocycles. The standard InChI is InChI=1S/C24H24ClFN2O4S/c1-17(7-8-18-5-3-2-4-6-18)27-24(29)16-32-23-14-13-21(15-22(23)25)33(30,31)28-20-11-9-19(26)10-12-20/h2-6,9-15,17,28H,7-8,16H2,1H3,(H,27,29)/t17-/m1/s1. The second-order valence-corrected chi connectivity index (χ2v) is 9.58. The number of anilines is 1. The van der Waals surface area contributed by atoms with Gasteiger partial charge in [0, 0.05) is 11.7 Å². The first-order valence-electron chi connectivity index (χ1n) is 10.3. The molecule has 0 aliphatic carbocycles. The lowest BCUT2D eigenvalue weighted by Gasteiger charge is -2.15. The Kier molecular flexibility index (Phi) is 8.30. The number of carbonyl (C=O) groups excluding carboxylic acids is 1. The smallest absolute Gasteiger partial charge is 0.261 e. The van der Waals surface area contributed by atoms with Crippen LogP contribution in [0.5, 0.6) is 5.75 Å². The molecule has 3 aromatic carbocycles. The predicted octanol–water partition coefficient (Wildman–Crippen LogP) is 4.80. The number of nitrogens with one attached hydrogen (secondary N) is 2. The van der Waals surface area contributed by atoms with Crippen molar-refractivity contribution in [3.63, 3.8) is 0 Å². The topological polar surface area (TPSA) is 84.5 Å². The quantitative estimate of drug-likeness (QED) is 0.427. The fourth-order valence-electron chi connectivity index (χ4n) is 3.06. The van der Waals surface area contributed by atoms with E-state index in [9.17, 15) is 17.6 Å². The molecular formula is C24H24ClFN2O4S. The van der Waals surface area contributed by atoms with Crippen LogP contribution in [-0.4, -0.2) is 27.0 Å². The summed E-state index contributed by atoms with van der Waals surface area (Å²) >= 11 is 6.17. The number of benzene rings is 3. The zero-order valence-electron chi connectivity index (χ0n) is 17.9. The number of ether oxygens (including phenoxy) is 1. The second-order valence-electron chi connectivity index (χ2n) is 7.49. The number of hydrogen-bond donors (Lipinski definition) is 2. The van der Waals surface area contributed by atoms with Crippen molar-refractivity contribution in [2.24, 2.45) is 0 Å². The molecule has 0 aliphatic heterocycles. The van der Waals surface area contributed by atoms with Crippen LogP contribution in [0.3, 0.4) is 0 Å². The van der Waals surface area contributed by atoms with Crippen LogP contribution in [0.2, 0.25) is 5.02 Å². The third-order valence-electron chi connectivity index (χ3n) is 4.79. The van der Waals surface area contributed by atoms with Gasteiger partial charge in [0.2, 0.25) is 0 Å². The summed E-state index contributed by atoms with van der Waals surface area (Å²) in [5.74, 6) is -0.595. The van der Waals surface area contributed by atoms with Gasteiger partial charge in [0.05, 0.1) is 9.92 Å². The summed E-state index contributed by atoms with van der Waals surface area (Å²) in [6.07, 6.45) is 1.63. The molecule has 3 rings (SSSR count). The van der Waals surface area contributed by atoms with Crippen LogP contribution in [0.15, 0.2) is 77.7 Å². The SMILES string of the molecule is C[C@H](CCc1ccccc1)NC(=O)COc1ccc(S(=O)(=O)Nc2ccc(F)cc2)cc1Cl. The Morgan fingerprint density at radius 1 is 1.06 bits per heavy atom. The van der Waals surface area contributed by atoms with Crippen molar-refractivity contribution in [1.82, 2.24) is 5.32 Å². The molecule has 3 aromatic rings. The van der Waals surface area contributed by atoms with E-state index in [1.54, 1.807) is 0 Å². The maximum atomic E-state index is 13.0. The van der Waals surface area contributed by atoms with Gasteiger partial charge in [0.1, 0.15) is 11.6 Å². The van der Waals surface area contributed by atoms with E-state index >= 15 is 0 Å². The van der Waals surface area contributed by atoms with Crippen molar-refractivity contribution in [1.29, 1.82) is 0 Å². The number of halogens is 2. The predicted molar refractivity (Wildman–Crippen MR) is 127 cm³/mol. The van der Waals surface area contributed by atoms with E-state index in [0.29, 0.717) is 0 Å². The van der Waals surface area contributed by atoms with Crippen molar-refractivity contribution < 1.29 is 22.3 Å². The Labute approximate surface area is 197 Å². The highest BCUT2D eigenvalue weighted by atomic mass is 35.5. The summed E-state index contributed by atoms with van der Waals surface area (Å²) in [6, 6.07) is 18.8. The summed E-state index contributed by atoms with van der Waals surface area (Å²) in [5.41, 5.74) is 1.41. The van der Waals surface area contributed by atoms with Gasteiger partial charge in [-0.1, -0.05) is 41.9 Å². The normalized spacial score (nSPS) is 12.1. The third-order valence-corrected chi connectivity index (χ3v) is 6.46. The zero-order chi connectivity index (χ0) is 23.8. The van der Waals surface area contributed by atoms with Gasteiger partial charge in [-0.15, -0.1) is 0 Å². The zero-order valence-corrected chi connectivity index (χ0v) is 19.5. The average Bonchev–Trinajstić information content (AvgIpc) is 2.79. The minimum Gasteiger partial charge on any atom is -0.482 e. The Hall–Kier alpha value is -3.10. The number of carbonyl (C=O) groups is 1. The van der Waals surface area contributed by atoms with E-state index in [2.05, 4.69) is 10.0 Å². The Morgan fingerprint density at radius 3 is 2.42 bits per heavy atom. The van der Waals surface area contributed by atoms with Crippen LogP contribution in [0.4, 0.5) is 10.1 Å². The summed E-state index contributed by atoms with van der Waals surface area (Å²) in [7, 11) is -3.93. The van der Waals surface area contributed by atoms with Crippen molar-refractivity contribution >= 4 is 33.2 Å². The molecule has 1 atom stereocenters. The summed E-state index contributed by atoms with van der Waals surface area (Å²) < 4.78 is 45.9. The van der Waals surface area contributed by atoms with Gasteiger partial charge in [0.25, 0.3) is 15.9 Å². The molecule has 2 N–H and O–H groups in total. The number of aryl methyl sites for hydroxylation is 1. The van der Waals surface area contributed by atoms with Gasteiger partial charge >= 0.3 is 0 Å². The van der Waals surface area contributed by atoms with Gasteiger partial charge in [-0.2, -0.15) is 0 Å². The van der Waals surface area contributed by atoms with Crippen molar-refractivity contribution in [3.8, 4) is 5.75 Å². The van der Waals surface area contributed by atoms with E-state index < -0.39 is 15.8 Å². The maximum absolute atomic E-state index is 13.0. The van der Waals surface area contributed by atoms with E-state index in [4.69, 9.17) is 16.3 Å². The van der Waals surface area contributed by atoms with Crippen molar-refractivity contribution in [3.05, 3.63) is 89.2 Å². The van der Waals surface area contributed by atoms with Crippen LogP contribution in [0.1, 0.15) is 18.9 Å². The first-order valence-corrected chi connectivity index (χ1v) is 12.1. The first kappa shape index (κ1) is 24.5. The van der Waals surface area contributed by atoms with Crippen LogP contribution in [0.25, 0.3) is 0 Å².